The van der Waals surface area contributed by atoms with Crippen molar-refractivity contribution in [2.24, 2.45) is 0 Å². The molecule has 0 aromatic heterocycles. The molecule has 0 saturated heterocycles. The van der Waals surface area contributed by atoms with Gasteiger partial charge in [0.2, 0.25) is 0 Å². The van der Waals surface area contributed by atoms with Gasteiger partial charge >= 0.3 is 6.09 Å². The van der Waals surface area contributed by atoms with Crippen molar-refractivity contribution in [1.82, 2.24) is 0 Å². The minimum absolute atomic E-state index is 0.110. The molecule has 0 spiro atoms. The number of carbonyl (C=O) groups excluding carboxylic acids is 1. The molecule has 0 aliphatic rings. The van der Waals surface area contributed by atoms with Gasteiger partial charge in [0, 0.05) is 0 Å². The predicted molar refractivity (Wildman–Crippen MR) is 84.6 cm³/mol. The minimum Gasteiger partial charge on any atom is -0.508 e. The first-order valence-corrected chi connectivity index (χ1v) is 6.87. The molecule has 0 aliphatic heterocycles. The third-order valence-electron chi connectivity index (χ3n) is 2.79. The summed E-state index contributed by atoms with van der Waals surface area (Å²) in [5.74, 6) is 0.220. The number of aromatic hydroxyl groups is 2. The average Bonchev–Trinajstić information content (AvgIpc) is 2.41. The summed E-state index contributed by atoms with van der Waals surface area (Å²) in [5, 5.41) is 18.8. The Bertz CT molecular complexity index is 596. The van der Waals surface area contributed by atoms with Crippen LogP contribution in [0.5, 0.6) is 11.5 Å². The molecule has 5 heteroatoms. The topological polar surface area (TPSA) is 70.0 Å². The molecule has 2 rings (SSSR count). The summed E-state index contributed by atoms with van der Waals surface area (Å²) in [7, 11) is 0. The number of rotatable bonds is 2. The van der Waals surface area contributed by atoms with E-state index in [2.05, 4.69) is 0 Å². The van der Waals surface area contributed by atoms with Crippen molar-refractivity contribution < 1.29 is 19.7 Å². The second-order valence-electron chi connectivity index (χ2n) is 5.85. The lowest BCUT2D eigenvalue weighted by molar-refractivity contribution is 0.0599. The largest absolute Gasteiger partial charge is 0.508 e. The van der Waals surface area contributed by atoms with Crippen molar-refractivity contribution in [3.8, 4) is 11.5 Å². The van der Waals surface area contributed by atoms with E-state index in [1.54, 1.807) is 45.0 Å². The van der Waals surface area contributed by atoms with E-state index in [4.69, 9.17) is 4.74 Å². The Hall–Kier alpha value is -2.69. The Kier molecular flexibility index (Phi) is 4.26. The summed E-state index contributed by atoms with van der Waals surface area (Å²) in [6.07, 6.45) is -0.538. The van der Waals surface area contributed by atoms with Crippen LogP contribution in [-0.2, 0) is 4.74 Å². The van der Waals surface area contributed by atoms with Crippen molar-refractivity contribution >= 4 is 17.5 Å². The van der Waals surface area contributed by atoms with Crippen molar-refractivity contribution in [3.63, 3.8) is 0 Å². The Balaban J connectivity index is 2.42. The van der Waals surface area contributed by atoms with Crippen LogP contribution in [0.4, 0.5) is 16.2 Å². The molecule has 0 aliphatic carbocycles. The van der Waals surface area contributed by atoms with E-state index in [1.165, 1.54) is 29.2 Å². The number of hydrogen-bond donors (Lipinski definition) is 2. The van der Waals surface area contributed by atoms with Gasteiger partial charge in [-0.05, 0) is 69.3 Å². The van der Waals surface area contributed by atoms with Crippen LogP contribution < -0.4 is 4.90 Å². The first-order chi connectivity index (χ1) is 10.3. The standard InChI is InChI=1S/C17H19NO4/c1-17(2,3)22-16(21)18(12-4-8-14(19)9-5-12)13-6-10-15(20)11-7-13/h4-11,19-20H,1-3H3. The van der Waals surface area contributed by atoms with Gasteiger partial charge in [-0.15, -0.1) is 0 Å². The summed E-state index contributed by atoms with van der Waals surface area (Å²) in [6.45, 7) is 5.37. The number of nitrogens with zero attached hydrogens (tertiary/aromatic N) is 1. The van der Waals surface area contributed by atoms with E-state index in [9.17, 15) is 15.0 Å². The van der Waals surface area contributed by atoms with Gasteiger partial charge in [0.05, 0.1) is 11.4 Å². The SMILES string of the molecule is CC(C)(C)OC(=O)N(c1ccc(O)cc1)c1ccc(O)cc1. The highest BCUT2D eigenvalue weighted by molar-refractivity contribution is 5.96. The molecule has 0 fully saturated rings. The number of hydrogen-bond acceptors (Lipinski definition) is 4. The molecular weight excluding hydrogens is 282 g/mol. The van der Waals surface area contributed by atoms with Crippen LogP contribution in [0.25, 0.3) is 0 Å². The molecule has 2 N–H and O–H groups in total. The van der Waals surface area contributed by atoms with E-state index in [1.807, 2.05) is 0 Å². The lowest BCUT2D eigenvalue weighted by atomic mass is 10.2. The van der Waals surface area contributed by atoms with Gasteiger partial charge < -0.3 is 14.9 Å². The fourth-order valence-corrected chi connectivity index (χ4v) is 1.87. The number of anilines is 2. The van der Waals surface area contributed by atoms with Crippen LogP contribution in [-0.4, -0.2) is 21.9 Å². The first kappa shape index (κ1) is 15.7. The van der Waals surface area contributed by atoms with Gasteiger partial charge in [0.25, 0.3) is 0 Å². The van der Waals surface area contributed by atoms with E-state index in [-0.39, 0.29) is 11.5 Å². The zero-order valence-electron chi connectivity index (χ0n) is 12.8. The van der Waals surface area contributed by atoms with E-state index in [0.717, 1.165) is 0 Å². The predicted octanol–water partition coefficient (Wildman–Crippen LogP) is 4.17. The van der Waals surface area contributed by atoms with E-state index in [0.29, 0.717) is 11.4 Å². The zero-order chi connectivity index (χ0) is 16.3. The van der Waals surface area contributed by atoms with Gasteiger partial charge in [-0.3, -0.25) is 0 Å². The first-order valence-electron chi connectivity index (χ1n) is 6.87. The molecule has 0 heterocycles. The molecule has 0 saturated carbocycles. The number of carbonyl (C=O) groups is 1. The summed E-state index contributed by atoms with van der Waals surface area (Å²) < 4.78 is 5.43. The van der Waals surface area contributed by atoms with Crippen LogP contribution in [0.15, 0.2) is 48.5 Å². The quantitative estimate of drug-likeness (QED) is 0.873. The highest BCUT2D eigenvalue weighted by Gasteiger charge is 2.24. The summed E-state index contributed by atoms with van der Waals surface area (Å²) in [4.78, 5) is 13.9. The molecule has 116 valence electrons. The van der Waals surface area contributed by atoms with Gasteiger partial charge in [-0.1, -0.05) is 0 Å². The van der Waals surface area contributed by atoms with E-state index >= 15 is 0 Å². The minimum atomic E-state index is -0.636. The van der Waals surface area contributed by atoms with Crippen LogP contribution in [0.2, 0.25) is 0 Å². The maximum absolute atomic E-state index is 12.5. The molecule has 0 unspecified atom stereocenters. The van der Waals surface area contributed by atoms with Crippen molar-refractivity contribution in [1.29, 1.82) is 0 Å². The second-order valence-corrected chi connectivity index (χ2v) is 5.85. The maximum Gasteiger partial charge on any atom is 0.419 e. The monoisotopic (exact) mass is 301 g/mol. The van der Waals surface area contributed by atoms with Gasteiger partial charge in [-0.2, -0.15) is 0 Å². The van der Waals surface area contributed by atoms with Crippen LogP contribution in [0, 0.1) is 0 Å². The maximum atomic E-state index is 12.5. The van der Waals surface area contributed by atoms with Crippen molar-refractivity contribution in [2.75, 3.05) is 4.90 Å². The summed E-state index contributed by atoms with van der Waals surface area (Å²) >= 11 is 0. The number of benzene rings is 2. The molecule has 1 amide bonds. The molecule has 0 radical (unpaired) electrons. The molecule has 2 aromatic carbocycles. The molecule has 0 atom stereocenters. The second kappa shape index (κ2) is 5.97. The van der Waals surface area contributed by atoms with Crippen LogP contribution in [0.1, 0.15) is 20.8 Å². The highest BCUT2D eigenvalue weighted by Crippen LogP contribution is 2.30. The number of phenols is 2. The van der Waals surface area contributed by atoms with Crippen molar-refractivity contribution in [2.45, 2.75) is 26.4 Å². The Morgan fingerprint density at radius 1 is 0.864 bits per heavy atom. The van der Waals surface area contributed by atoms with Gasteiger partial charge in [0.1, 0.15) is 17.1 Å². The molecule has 22 heavy (non-hydrogen) atoms. The van der Waals surface area contributed by atoms with E-state index < -0.39 is 11.7 Å². The van der Waals surface area contributed by atoms with Crippen molar-refractivity contribution in [3.05, 3.63) is 48.5 Å². The van der Waals surface area contributed by atoms with Crippen LogP contribution >= 0.6 is 0 Å². The Labute approximate surface area is 129 Å². The number of amides is 1. The highest BCUT2D eigenvalue weighted by atomic mass is 16.6. The smallest absolute Gasteiger partial charge is 0.419 e. The normalized spacial score (nSPS) is 11.0. The average molecular weight is 301 g/mol. The van der Waals surface area contributed by atoms with Gasteiger partial charge in [-0.25, -0.2) is 9.69 Å². The van der Waals surface area contributed by atoms with Crippen LogP contribution in [0.3, 0.4) is 0 Å². The fraction of sp³-hybridized carbons (Fsp3) is 0.235. The third kappa shape index (κ3) is 3.91. The zero-order valence-corrected chi connectivity index (χ0v) is 12.8. The fourth-order valence-electron chi connectivity index (χ4n) is 1.87. The Morgan fingerprint density at radius 3 is 1.55 bits per heavy atom. The number of ether oxygens (including phenoxy) is 1. The number of phenolic OH excluding ortho intramolecular Hbond substituents is 2. The third-order valence-corrected chi connectivity index (χ3v) is 2.79. The lowest BCUT2D eigenvalue weighted by Gasteiger charge is -2.27. The molecule has 0 bridgehead atoms. The lowest BCUT2D eigenvalue weighted by Crippen LogP contribution is -2.33. The molecular formula is C17H19NO4. The summed E-state index contributed by atoms with van der Waals surface area (Å²) in [6, 6.07) is 12.4. The Morgan fingerprint density at radius 2 is 1.23 bits per heavy atom. The molecule has 5 nitrogen and oxygen atoms in total. The van der Waals surface area contributed by atoms with Gasteiger partial charge in [0.15, 0.2) is 0 Å². The summed E-state index contributed by atoms with van der Waals surface area (Å²) in [5.41, 5.74) is 0.471. The molecule has 2 aromatic rings.